The maximum absolute atomic E-state index is 5.23. The highest BCUT2D eigenvalue weighted by atomic mass is 32.2. The fourth-order valence-electron chi connectivity index (χ4n) is 2.38. The molecule has 0 aromatic carbocycles. The number of piperidine rings is 1. The van der Waals surface area contributed by atoms with Crippen LogP contribution in [-0.4, -0.2) is 53.0 Å². The Labute approximate surface area is 130 Å². The number of ether oxygens (including phenoxy) is 1. The van der Waals surface area contributed by atoms with Gasteiger partial charge < -0.3 is 15.0 Å². The van der Waals surface area contributed by atoms with Crippen molar-refractivity contribution in [3.63, 3.8) is 0 Å². The van der Waals surface area contributed by atoms with Gasteiger partial charge in [-0.1, -0.05) is 18.7 Å². The maximum Gasteiger partial charge on any atom is 0.231 e. The molecule has 0 atom stereocenters. The summed E-state index contributed by atoms with van der Waals surface area (Å²) >= 11 is 1.70. The Bertz CT molecular complexity index is 463. The van der Waals surface area contributed by atoms with Crippen molar-refractivity contribution in [2.75, 3.05) is 43.1 Å². The van der Waals surface area contributed by atoms with E-state index in [4.69, 9.17) is 4.74 Å². The number of aromatic nitrogens is 3. The molecule has 21 heavy (non-hydrogen) atoms. The topological polar surface area (TPSA) is 63.2 Å². The fraction of sp³-hybridized carbons (Fsp3) is 0.786. The molecule has 0 amide bonds. The summed E-state index contributed by atoms with van der Waals surface area (Å²) in [5, 5.41) is 4.59. The van der Waals surface area contributed by atoms with E-state index in [-0.39, 0.29) is 0 Å². The lowest BCUT2D eigenvalue weighted by Gasteiger charge is -2.28. The molecule has 2 fully saturated rings. The van der Waals surface area contributed by atoms with Crippen LogP contribution in [-0.2, 0) is 4.74 Å². The fourth-order valence-corrected chi connectivity index (χ4v) is 3.28. The first-order chi connectivity index (χ1) is 10.3. The monoisotopic (exact) mass is 309 g/mol. The van der Waals surface area contributed by atoms with Crippen LogP contribution in [0.1, 0.15) is 32.6 Å². The van der Waals surface area contributed by atoms with Gasteiger partial charge in [-0.05, 0) is 25.7 Å². The van der Waals surface area contributed by atoms with Gasteiger partial charge in [-0.15, -0.1) is 0 Å². The van der Waals surface area contributed by atoms with Gasteiger partial charge in [-0.3, -0.25) is 0 Å². The lowest BCUT2D eigenvalue weighted by Crippen LogP contribution is -2.32. The van der Waals surface area contributed by atoms with Gasteiger partial charge in [0.05, 0.1) is 18.5 Å². The minimum Gasteiger partial charge on any atom is -0.379 e. The summed E-state index contributed by atoms with van der Waals surface area (Å²) in [5.41, 5.74) is 0. The summed E-state index contributed by atoms with van der Waals surface area (Å²) in [7, 11) is 0. The van der Waals surface area contributed by atoms with Crippen LogP contribution in [0.25, 0.3) is 0 Å². The maximum atomic E-state index is 5.23. The summed E-state index contributed by atoms with van der Waals surface area (Å²) in [6, 6.07) is 0. The van der Waals surface area contributed by atoms with Crippen LogP contribution in [0.2, 0.25) is 0 Å². The molecule has 0 spiro atoms. The lowest BCUT2D eigenvalue weighted by molar-refractivity contribution is 0.0454. The molecule has 116 valence electrons. The van der Waals surface area contributed by atoms with Crippen molar-refractivity contribution in [3.8, 4) is 0 Å². The molecule has 3 heterocycles. The second-order valence-electron chi connectivity index (χ2n) is 5.49. The molecule has 0 aliphatic carbocycles. The number of nitrogens with zero attached hydrogens (tertiary/aromatic N) is 4. The van der Waals surface area contributed by atoms with E-state index in [1.807, 2.05) is 0 Å². The van der Waals surface area contributed by atoms with Gasteiger partial charge in [-0.25, -0.2) is 0 Å². The van der Waals surface area contributed by atoms with Crippen molar-refractivity contribution in [1.82, 2.24) is 15.0 Å². The molecule has 0 unspecified atom stereocenters. The van der Waals surface area contributed by atoms with Gasteiger partial charge >= 0.3 is 0 Å². The summed E-state index contributed by atoms with van der Waals surface area (Å²) in [4.78, 5) is 16.1. The van der Waals surface area contributed by atoms with E-state index in [1.54, 1.807) is 11.8 Å². The standard InChI is InChI=1S/C14H23N5OS/c1-2-6-15-12-16-13(19-7-4-3-5-8-19)18-14(17-12)21-11-9-20-10-11/h11H,2-10H2,1H3,(H,15,16,17,18). The van der Waals surface area contributed by atoms with E-state index in [9.17, 15) is 0 Å². The Morgan fingerprint density at radius 2 is 2.00 bits per heavy atom. The molecule has 2 saturated heterocycles. The third-order valence-electron chi connectivity index (χ3n) is 3.65. The Morgan fingerprint density at radius 1 is 1.19 bits per heavy atom. The van der Waals surface area contributed by atoms with Crippen LogP contribution in [0.4, 0.5) is 11.9 Å². The normalized spacial score (nSPS) is 19.4. The van der Waals surface area contributed by atoms with Crippen molar-refractivity contribution in [1.29, 1.82) is 0 Å². The third kappa shape index (κ3) is 3.97. The second-order valence-corrected chi connectivity index (χ2v) is 6.76. The van der Waals surface area contributed by atoms with Crippen LogP contribution in [0, 0.1) is 0 Å². The lowest BCUT2D eigenvalue weighted by atomic mass is 10.1. The van der Waals surface area contributed by atoms with Crippen molar-refractivity contribution >= 4 is 23.7 Å². The van der Waals surface area contributed by atoms with Crippen LogP contribution in [0.5, 0.6) is 0 Å². The molecule has 0 bridgehead atoms. The Balaban J connectivity index is 1.76. The molecule has 0 radical (unpaired) electrons. The van der Waals surface area contributed by atoms with E-state index in [0.29, 0.717) is 11.2 Å². The minimum atomic E-state index is 0.487. The second kappa shape index (κ2) is 7.26. The number of anilines is 2. The largest absolute Gasteiger partial charge is 0.379 e. The summed E-state index contributed by atoms with van der Waals surface area (Å²) in [5.74, 6) is 1.53. The molecule has 2 aliphatic heterocycles. The highest BCUT2D eigenvalue weighted by Gasteiger charge is 2.23. The van der Waals surface area contributed by atoms with Crippen molar-refractivity contribution in [2.45, 2.75) is 43.0 Å². The van der Waals surface area contributed by atoms with E-state index < -0.39 is 0 Å². The first-order valence-electron chi connectivity index (χ1n) is 7.84. The number of rotatable bonds is 6. The molecular weight excluding hydrogens is 286 g/mol. The summed E-state index contributed by atoms with van der Waals surface area (Å²) in [6.07, 6.45) is 4.82. The van der Waals surface area contributed by atoms with Crippen molar-refractivity contribution < 1.29 is 4.74 Å². The van der Waals surface area contributed by atoms with E-state index in [1.165, 1.54) is 19.3 Å². The Kier molecular flexibility index (Phi) is 5.13. The van der Waals surface area contributed by atoms with Crippen LogP contribution in [0.15, 0.2) is 5.16 Å². The number of nitrogens with one attached hydrogen (secondary N) is 1. The molecule has 1 aromatic heterocycles. The van der Waals surface area contributed by atoms with Crippen LogP contribution in [0.3, 0.4) is 0 Å². The highest BCUT2D eigenvalue weighted by molar-refractivity contribution is 7.99. The van der Waals surface area contributed by atoms with Crippen molar-refractivity contribution in [3.05, 3.63) is 0 Å². The first-order valence-corrected chi connectivity index (χ1v) is 8.72. The zero-order valence-corrected chi connectivity index (χ0v) is 13.4. The van der Waals surface area contributed by atoms with Gasteiger partial charge in [0.15, 0.2) is 5.16 Å². The predicted molar refractivity (Wildman–Crippen MR) is 85.1 cm³/mol. The Morgan fingerprint density at radius 3 is 2.67 bits per heavy atom. The summed E-state index contributed by atoms with van der Waals surface area (Å²) in [6.45, 7) is 6.73. The average molecular weight is 309 g/mol. The SMILES string of the molecule is CCCNc1nc(SC2COC2)nc(N2CCCCC2)n1. The van der Waals surface area contributed by atoms with Crippen LogP contribution < -0.4 is 10.2 Å². The molecular formula is C14H23N5OS. The van der Waals surface area contributed by atoms with E-state index in [0.717, 1.165) is 50.4 Å². The van der Waals surface area contributed by atoms with Gasteiger partial charge in [0, 0.05) is 19.6 Å². The molecule has 1 aromatic rings. The third-order valence-corrected chi connectivity index (χ3v) is 4.65. The quantitative estimate of drug-likeness (QED) is 0.864. The average Bonchev–Trinajstić information content (AvgIpc) is 2.50. The summed E-state index contributed by atoms with van der Waals surface area (Å²) < 4.78 is 5.23. The Hall–Kier alpha value is -1.08. The number of thioether (sulfide) groups is 1. The van der Waals surface area contributed by atoms with Gasteiger partial charge in [0.1, 0.15) is 0 Å². The predicted octanol–water partition coefficient (Wildman–Crippen LogP) is 2.17. The van der Waals surface area contributed by atoms with E-state index >= 15 is 0 Å². The minimum absolute atomic E-state index is 0.487. The number of hydrogen-bond donors (Lipinski definition) is 1. The molecule has 0 saturated carbocycles. The van der Waals surface area contributed by atoms with Gasteiger partial charge in [0.2, 0.25) is 11.9 Å². The van der Waals surface area contributed by atoms with Crippen LogP contribution >= 0.6 is 11.8 Å². The van der Waals surface area contributed by atoms with Gasteiger partial charge in [0.25, 0.3) is 0 Å². The first kappa shape index (κ1) is 14.8. The number of hydrogen-bond acceptors (Lipinski definition) is 7. The van der Waals surface area contributed by atoms with Crippen molar-refractivity contribution in [2.24, 2.45) is 0 Å². The molecule has 3 rings (SSSR count). The molecule has 6 nitrogen and oxygen atoms in total. The van der Waals surface area contributed by atoms with E-state index in [2.05, 4.69) is 32.1 Å². The smallest absolute Gasteiger partial charge is 0.231 e. The molecule has 7 heteroatoms. The molecule has 1 N–H and O–H groups in total. The molecule has 2 aliphatic rings. The highest BCUT2D eigenvalue weighted by Crippen LogP contribution is 2.27. The zero-order chi connectivity index (χ0) is 14.5. The van der Waals surface area contributed by atoms with Gasteiger partial charge in [-0.2, -0.15) is 15.0 Å². The zero-order valence-electron chi connectivity index (χ0n) is 12.5.